The van der Waals surface area contributed by atoms with E-state index >= 15 is 0 Å². The third-order valence-corrected chi connectivity index (χ3v) is 5.43. The van der Waals surface area contributed by atoms with Crippen molar-refractivity contribution in [1.29, 1.82) is 0 Å². The number of rotatable bonds is 2. The number of carbonyl (C=O) groups excluding carboxylic acids is 1. The van der Waals surface area contributed by atoms with Crippen LogP contribution in [0.1, 0.15) is 33.2 Å². The van der Waals surface area contributed by atoms with Gasteiger partial charge >= 0.3 is 0 Å². The van der Waals surface area contributed by atoms with E-state index in [2.05, 4.69) is 29.4 Å². The molecule has 0 radical (unpaired) electrons. The molecule has 2 N–H and O–H groups in total. The van der Waals surface area contributed by atoms with Crippen molar-refractivity contribution in [2.45, 2.75) is 19.9 Å². The maximum atomic E-state index is 13.2. The molecule has 2 heterocycles. The highest BCUT2D eigenvalue weighted by atomic mass is 16.2. The average Bonchev–Trinajstić information content (AvgIpc) is 2.71. The molecule has 1 aliphatic rings. The molecule has 0 aliphatic carbocycles. The van der Waals surface area contributed by atoms with Crippen LogP contribution in [0, 0.1) is 13.8 Å². The van der Waals surface area contributed by atoms with Crippen LogP contribution in [0.4, 0.5) is 0 Å². The number of hydrogen-bond donors (Lipinski definition) is 2. The van der Waals surface area contributed by atoms with Gasteiger partial charge in [0.2, 0.25) is 0 Å². The zero-order valence-electron chi connectivity index (χ0n) is 15.6. The van der Waals surface area contributed by atoms with Crippen LogP contribution in [-0.4, -0.2) is 35.4 Å². The van der Waals surface area contributed by atoms with Gasteiger partial charge in [0, 0.05) is 25.0 Å². The lowest BCUT2D eigenvalue weighted by Gasteiger charge is -2.34. The molecular weight excluding hydrogens is 338 g/mol. The van der Waals surface area contributed by atoms with E-state index in [1.54, 1.807) is 6.07 Å². The lowest BCUT2D eigenvalue weighted by atomic mass is 9.99. The SMILES string of the molecule is Cc1ccccc1C1CN(C(=O)c2[nH]c(=O)c3ccccc3c2C)CCN1. The molecule has 0 saturated carbocycles. The van der Waals surface area contributed by atoms with Crippen LogP contribution in [0.15, 0.2) is 53.3 Å². The molecule has 4 rings (SSSR count). The van der Waals surface area contributed by atoms with Gasteiger partial charge in [-0.3, -0.25) is 9.59 Å². The standard InChI is InChI=1S/C22H23N3O2/c1-14-7-3-4-8-16(14)19-13-25(12-11-23-19)22(27)20-15(2)17-9-5-6-10-18(17)21(26)24-20/h3-10,19,23H,11-13H2,1-2H3,(H,24,26). The molecular formula is C22H23N3O2. The largest absolute Gasteiger partial charge is 0.334 e. The Morgan fingerprint density at radius 2 is 1.74 bits per heavy atom. The van der Waals surface area contributed by atoms with Crippen LogP contribution in [0.3, 0.4) is 0 Å². The summed E-state index contributed by atoms with van der Waals surface area (Å²) in [6.45, 7) is 5.91. The number of aromatic nitrogens is 1. The summed E-state index contributed by atoms with van der Waals surface area (Å²) in [6.07, 6.45) is 0. The smallest absolute Gasteiger partial charge is 0.270 e. The van der Waals surface area contributed by atoms with E-state index in [0.717, 1.165) is 17.5 Å². The average molecular weight is 361 g/mol. The Morgan fingerprint density at radius 3 is 2.52 bits per heavy atom. The second-order valence-corrected chi connectivity index (χ2v) is 7.11. The lowest BCUT2D eigenvalue weighted by molar-refractivity contribution is 0.0696. The van der Waals surface area contributed by atoms with E-state index in [1.807, 2.05) is 42.2 Å². The first-order valence-corrected chi connectivity index (χ1v) is 9.26. The number of amides is 1. The van der Waals surface area contributed by atoms with Gasteiger partial charge < -0.3 is 15.2 Å². The Hall–Kier alpha value is -2.92. The van der Waals surface area contributed by atoms with Crippen molar-refractivity contribution in [2.24, 2.45) is 0 Å². The van der Waals surface area contributed by atoms with Crippen molar-refractivity contribution >= 4 is 16.7 Å². The van der Waals surface area contributed by atoms with Crippen LogP contribution in [0.2, 0.25) is 0 Å². The Morgan fingerprint density at radius 1 is 1.04 bits per heavy atom. The fourth-order valence-corrected chi connectivity index (χ4v) is 3.91. The van der Waals surface area contributed by atoms with Gasteiger partial charge in [0.15, 0.2) is 0 Å². The number of H-pyrrole nitrogens is 1. The van der Waals surface area contributed by atoms with E-state index in [-0.39, 0.29) is 17.5 Å². The summed E-state index contributed by atoms with van der Waals surface area (Å²) in [5.74, 6) is -0.115. The summed E-state index contributed by atoms with van der Waals surface area (Å²) in [6, 6.07) is 15.7. The first-order chi connectivity index (χ1) is 13.1. The Kier molecular flexibility index (Phi) is 4.54. The molecule has 1 aliphatic heterocycles. The van der Waals surface area contributed by atoms with Gasteiger partial charge in [-0.1, -0.05) is 42.5 Å². The molecule has 1 atom stereocenters. The van der Waals surface area contributed by atoms with Crippen molar-refractivity contribution in [3.8, 4) is 0 Å². The number of aromatic amines is 1. The van der Waals surface area contributed by atoms with Gasteiger partial charge in [-0.25, -0.2) is 0 Å². The van der Waals surface area contributed by atoms with E-state index < -0.39 is 0 Å². The highest BCUT2D eigenvalue weighted by molar-refractivity contribution is 5.99. The van der Waals surface area contributed by atoms with Crippen LogP contribution in [0.25, 0.3) is 10.8 Å². The maximum absolute atomic E-state index is 13.2. The van der Waals surface area contributed by atoms with E-state index in [0.29, 0.717) is 24.2 Å². The zero-order valence-corrected chi connectivity index (χ0v) is 15.6. The minimum absolute atomic E-state index is 0.0939. The number of benzene rings is 2. The molecule has 5 heteroatoms. The monoisotopic (exact) mass is 361 g/mol. The van der Waals surface area contributed by atoms with Crippen LogP contribution in [0.5, 0.6) is 0 Å². The Bertz CT molecular complexity index is 1070. The minimum atomic E-state index is -0.217. The van der Waals surface area contributed by atoms with Crippen molar-refractivity contribution in [3.05, 3.63) is 81.3 Å². The topological polar surface area (TPSA) is 65.2 Å². The predicted octanol–water partition coefficient (Wildman–Crippen LogP) is 2.93. The van der Waals surface area contributed by atoms with Crippen LogP contribution < -0.4 is 10.9 Å². The number of hydrogen-bond acceptors (Lipinski definition) is 3. The molecule has 138 valence electrons. The van der Waals surface area contributed by atoms with Gasteiger partial charge in [0.25, 0.3) is 11.5 Å². The lowest BCUT2D eigenvalue weighted by Crippen LogP contribution is -2.49. The fourth-order valence-electron chi connectivity index (χ4n) is 3.91. The molecule has 5 nitrogen and oxygen atoms in total. The van der Waals surface area contributed by atoms with E-state index in [4.69, 9.17) is 0 Å². The predicted molar refractivity (Wildman–Crippen MR) is 107 cm³/mol. The number of fused-ring (bicyclic) bond motifs is 1. The third-order valence-electron chi connectivity index (χ3n) is 5.43. The fraction of sp³-hybridized carbons (Fsp3) is 0.273. The molecule has 1 amide bonds. The number of nitrogens with zero attached hydrogens (tertiary/aromatic N) is 1. The summed E-state index contributed by atoms with van der Waals surface area (Å²) < 4.78 is 0. The van der Waals surface area contributed by atoms with Crippen molar-refractivity contribution in [1.82, 2.24) is 15.2 Å². The highest BCUT2D eigenvalue weighted by Crippen LogP contribution is 2.23. The van der Waals surface area contributed by atoms with E-state index in [1.165, 1.54) is 11.1 Å². The molecule has 27 heavy (non-hydrogen) atoms. The van der Waals surface area contributed by atoms with Crippen LogP contribution >= 0.6 is 0 Å². The number of nitrogens with one attached hydrogen (secondary N) is 2. The molecule has 0 spiro atoms. The summed E-state index contributed by atoms with van der Waals surface area (Å²) >= 11 is 0. The summed E-state index contributed by atoms with van der Waals surface area (Å²) in [4.78, 5) is 30.3. The maximum Gasteiger partial charge on any atom is 0.270 e. The first-order valence-electron chi connectivity index (χ1n) is 9.26. The second-order valence-electron chi connectivity index (χ2n) is 7.11. The molecule has 2 aromatic carbocycles. The molecule has 1 saturated heterocycles. The molecule has 3 aromatic rings. The van der Waals surface area contributed by atoms with Crippen molar-refractivity contribution in [2.75, 3.05) is 19.6 Å². The van der Waals surface area contributed by atoms with Gasteiger partial charge in [-0.15, -0.1) is 0 Å². The number of pyridine rings is 1. The Balaban J connectivity index is 1.67. The van der Waals surface area contributed by atoms with Gasteiger partial charge in [-0.2, -0.15) is 0 Å². The van der Waals surface area contributed by atoms with E-state index in [9.17, 15) is 9.59 Å². The minimum Gasteiger partial charge on any atom is -0.334 e. The molecule has 0 bridgehead atoms. The summed E-state index contributed by atoms with van der Waals surface area (Å²) in [5.41, 5.74) is 3.41. The zero-order chi connectivity index (χ0) is 19.0. The van der Waals surface area contributed by atoms with Gasteiger partial charge in [0.1, 0.15) is 5.69 Å². The number of aryl methyl sites for hydroxylation is 2. The summed E-state index contributed by atoms with van der Waals surface area (Å²) in [7, 11) is 0. The summed E-state index contributed by atoms with van der Waals surface area (Å²) in [5, 5.41) is 4.95. The number of carbonyl (C=O) groups is 1. The third kappa shape index (κ3) is 3.15. The molecule has 1 fully saturated rings. The van der Waals surface area contributed by atoms with Gasteiger partial charge in [0.05, 0.1) is 6.04 Å². The van der Waals surface area contributed by atoms with Crippen LogP contribution in [-0.2, 0) is 0 Å². The molecule has 1 aromatic heterocycles. The molecule has 1 unspecified atom stereocenters. The van der Waals surface area contributed by atoms with Gasteiger partial charge in [-0.05, 0) is 42.0 Å². The quantitative estimate of drug-likeness (QED) is 0.738. The number of piperazine rings is 1. The normalized spacial score (nSPS) is 17.3. The Labute approximate surface area is 158 Å². The second kappa shape index (κ2) is 7.00. The highest BCUT2D eigenvalue weighted by Gasteiger charge is 2.27. The van der Waals surface area contributed by atoms with Crippen molar-refractivity contribution in [3.63, 3.8) is 0 Å². The van der Waals surface area contributed by atoms with Crippen molar-refractivity contribution < 1.29 is 4.79 Å². The first kappa shape index (κ1) is 17.5.